The van der Waals surface area contributed by atoms with Gasteiger partial charge in [0, 0.05) is 0 Å². The fourth-order valence-corrected chi connectivity index (χ4v) is 1.24. The van der Waals surface area contributed by atoms with Crippen LogP contribution in [0, 0.1) is 29.1 Å². The molecule has 0 amide bonds. The molecule has 0 unspecified atom stereocenters. The summed E-state index contributed by atoms with van der Waals surface area (Å²) in [7, 11) is 0. The number of hydrogen-bond donors (Lipinski definition) is 2. The van der Waals surface area contributed by atoms with Crippen LogP contribution in [0.15, 0.2) is 0 Å². The van der Waals surface area contributed by atoms with Gasteiger partial charge in [-0.3, -0.25) is 4.79 Å². The molecule has 0 fully saturated rings. The second-order valence-electron chi connectivity index (χ2n) is 4.45. The molecule has 0 radical (unpaired) electrons. The van der Waals surface area contributed by atoms with Crippen molar-refractivity contribution in [1.82, 2.24) is 11.0 Å². The Labute approximate surface area is 122 Å². The third-order valence-corrected chi connectivity index (χ3v) is 2.30. The number of hydrogen-bond acceptors (Lipinski definition) is 5. The van der Waals surface area contributed by atoms with Gasteiger partial charge in [0.05, 0.1) is 6.10 Å². The van der Waals surface area contributed by atoms with Crippen LogP contribution in [-0.2, 0) is 9.53 Å². The molecule has 1 atom stereocenters. The summed E-state index contributed by atoms with van der Waals surface area (Å²) in [5, 5.41) is 0. The van der Waals surface area contributed by atoms with Crippen molar-refractivity contribution in [2.24, 2.45) is 0 Å². The van der Waals surface area contributed by atoms with Gasteiger partial charge in [-0.2, -0.15) is 8.78 Å². The molecule has 0 aromatic heterocycles. The normalized spacial score (nSPS) is 12.4. The molecule has 2 N–H and O–H groups in total. The van der Waals surface area contributed by atoms with E-state index in [-0.39, 0.29) is 0 Å². The fraction of sp³-hybridized carbons (Fsp3) is 0.417. The van der Waals surface area contributed by atoms with Crippen molar-refractivity contribution in [3.63, 3.8) is 0 Å². The first-order valence-electron chi connectivity index (χ1n) is 6.06. The third-order valence-electron chi connectivity index (χ3n) is 2.30. The first-order valence-corrected chi connectivity index (χ1v) is 6.06. The minimum Gasteiger partial charge on any atom is -0.462 e. The van der Waals surface area contributed by atoms with Gasteiger partial charge < -0.3 is 9.57 Å². The lowest BCUT2D eigenvalue weighted by atomic mass is 10.3. The van der Waals surface area contributed by atoms with Crippen molar-refractivity contribution in [2.75, 3.05) is 0 Å². The molecule has 0 heterocycles. The Hall–Kier alpha value is -1.94. The monoisotopic (exact) mass is 328 g/mol. The Bertz CT molecular complexity index is 539. The number of ether oxygens (including phenoxy) is 1. The molecule has 10 heteroatoms. The van der Waals surface area contributed by atoms with Crippen molar-refractivity contribution in [1.29, 1.82) is 0 Å². The maximum Gasteiger partial charge on any atom is 0.324 e. The highest BCUT2D eigenvalue weighted by Gasteiger charge is 2.27. The van der Waals surface area contributed by atoms with E-state index in [1.165, 1.54) is 6.92 Å². The zero-order valence-corrected chi connectivity index (χ0v) is 11.8. The molecule has 0 aliphatic heterocycles. The molecule has 0 saturated heterocycles. The van der Waals surface area contributed by atoms with Gasteiger partial charge in [0.1, 0.15) is 6.04 Å². The highest BCUT2D eigenvalue weighted by atomic mass is 19.2. The maximum absolute atomic E-state index is 13.3. The van der Waals surface area contributed by atoms with E-state index >= 15 is 0 Å². The Morgan fingerprint density at radius 2 is 1.36 bits per heavy atom. The summed E-state index contributed by atoms with van der Waals surface area (Å²) >= 11 is 0. The van der Waals surface area contributed by atoms with Crippen molar-refractivity contribution >= 4 is 5.97 Å². The molecule has 0 bridgehead atoms. The zero-order valence-electron chi connectivity index (χ0n) is 11.8. The summed E-state index contributed by atoms with van der Waals surface area (Å²) < 4.78 is 69.9. The molecule has 0 spiro atoms. The van der Waals surface area contributed by atoms with Gasteiger partial charge in [0.15, 0.2) is 0 Å². The summed E-state index contributed by atoms with van der Waals surface area (Å²) in [6.45, 7) is 4.52. The van der Waals surface area contributed by atoms with Gasteiger partial charge in [0.2, 0.25) is 34.8 Å². The molecule has 0 aliphatic carbocycles. The van der Waals surface area contributed by atoms with Crippen LogP contribution in [0.1, 0.15) is 20.8 Å². The third kappa shape index (κ3) is 4.04. The zero-order chi connectivity index (χ0) is 17.0. The molecule has 22 heavy (non-hydrogen) atoms. The maximum atomic E-state index is 13.3. The largest absolute Gasteiger partial charge is 0.462 e. The van der Waals surface area contributed by atoms with Crippen molar-refractivity contribution in [3.05, 3.63) is 29.1 Å². The second kappa shape index (κ2) is 7.36. The average Bonchev–Trinajstić information content (AvgIpc) is 2.45. The lowest BCUT2D eigenvalue weighted by Crippen LogP contribution is -2.46. The van der Waals surface area contributed by atoms with Gasteiger partial charge in [-0.05, 0) is 20.8 Å². The van der Waals surface area contributed by atoms with E-state index in [1.54, 1.807) is 19.4 Å². The van der Waals surface area contributed by atoms with E-state index < -0.39 is 53.0 Å². The SMILES string of the molecule is CC(C)OC(=O)[C@@H](C)NNOc1c(F)c(F)c(F)c(F)c1F. The minimum absolute atomic E-state index is 0.396. The van der Waals surface area contributed by atoms with Crippen molar-refractivity contribution in [3.8, 4) is 5.75 Å². The standard InChI is InChI=1S/C12H13F5N2O3/c1-4(2)21-12(20)5(3)18-19-22-11-9(16)7(14)6(13)8(15)10(11)17/h4-5,18-19H,1-3H3/t5-/m1/s1. The summed E-state index contributed by atoms with van der Waals surface area (Å²) in [6.07, 6.45) is -0.396. The van der Waals surface area contributed by atoms with E-state index in [1.807, 2.05) is 0 Å². The average molecular weight is 328 g/mol. The topological polar surface area (TPSA) is 59.6 Å². The molecule has 0 aliphatic rings. The Balaban J connectivity index is 2.72. The summed E-state index contributed by atoms with van der Waals surface area (Å²) in [5.74, 6) is -13.2. The Morgan fingerprint density at radius 1 is 0.909 bits per heavy atom. The molecule has 1 aromatic carbocycles. The Kier molecular flexibility index (Phi) is 6.06. The van der Waals surface area contributed by atoms with Crippen LogP contribution in [0.2, 0.25) is 0 Å². The predicted molar refractivity (Wildman–Crippen MR) is 63.8 cm³/mol. The number of carbonyl (C=O) groups excluding carboxylic acids is 1. The number of benzene rings is 1. The molecule has 5 nitrogen and oxygen atoms in total. The molecule has 124 valence electrons. The van der Waals surface area contributed by atoms with Gasteiger partial charge in [-0.15, -0.1) is 0 Å². The van der Waals surface area contributed by atoms with Crippen molar-refractivity contribution < 1.29 is 36.3 Å². The molecular weight excluding hydrogens is 315 g/mol. The van der Waals surface area contributed by atoms with E-state index in [0.29, 0.717) is 0 Å². The molecular formula is C12H13F5N2O3. The van der Waals surface area contributed by atoms with E-state index in [4.69, 9.17) is 4.74 Å². The van der Waals surface area contributed by atoms with Gasteiger partial charge in [-0.25, -0.2) is 18.6 Å². The van der Waals surface area contributed by atoms with Gasteiger partial charge in [0.25, 0.3) is 0 Å². The molecule has 1 rings (SSSR count). The first kappa shape index (κ1) is 18.1. The predicted octanol–water partition coefficient (Wildman–Crippen LogP) is 2.11. The lowest BCUT2D eigenvalue weighted by Gasteiger charge is -2.16. The number of carbonyl (C=O) groups is 1. The highest BCUT2D eigenvalue weighted by molar-refractivity contribution is 5.75. The fourth-order valence-electron chi connectivity index (χ4n) is 1.24. The van der Waals surface area contributed by atoms with E-state index in [2.05, 4.69) is 10.3 Å². The van der Waals surface area contributed by atoms with E-state index in [9.17, 15) is 26.7 Å². The van der Waals surface area contributed by atoms with Crippen LogP contribution in [0.5, 0.6) is 5.75 Å². The Morgan fingerprint density at radius 3 is 1.82 bits per heavy atom. The molecule has 1 aromatic rings. The van der Waals surface area contributed by atoms with Crippen LogP contribution in [0.3, 0.4) is 0 Å². The number of esters is 1. The number of nitrogens with one attached hydrogen (secondary N) is 2. The first-order chi connectivity index (χ1) is 10.2. The van der Waals surface area contributed by atoms with Crippen LogP contribution in [0.4, 0.5) is 22.0 Å². The summed E-state index contributed by atoms with van der Waals surface area (Å²) in [5.41, 5.74) is 3.85. The van der Waals surface area contributed by atoms with E-state index in [0.717, 1.165) is 0 Å². The van der Waals surface area contributed by atoms with Crippen LogP contribution in [-0.4, -0.2) is 18.1 Å². The smallest absolute Gasteiger partial charge is 0.324 e. The summed E-state index contributed by atoms with van der Waals surface area (Å²) in [4.78, 5) is 15.6. The minimum atomic E-state index is -2.30. The van der Waals surface area contributed by atoms with Gasteiger partial charge in [-0.1, -0.05) is 5.59 Å². The number of hydrazine groups is 1. The lowest BCUT2D eigenvalue weighted by molar-refractivity contribution is -0.150. The van der Waals surface area contributed by atoms with Crippen LogP contribution in [0.25, 0.3) is 0 Å². The second-order valence-corrected chi connectivity index (χ2v) is 4.45. The number of rotatable bonds is 6. The van der Waals surface area contributed by atoms with Crippen LogP contribution < -0.4 is 15.9 Å². The summed E-state index contributed by atoms with van der Waals surface area (Å²) in [6, 6.07) is -1.01. The highest BCUT2D eigenvalue weighted by Crippen LogP contribution is 2.28. The number of halogens is 5. The van der Waals surface area contributed by atoms with Crippen LogP contribution >= 0.6 is 0 Å². The quantitative estimate of drug-likeness (QED) is 0.275. The molecule has 0 saturated carbocycles. The van der Waals surface area contributed by atoms with Crippen molar-refractivity contribution in [2.45, 2.75) is 32.9 Å². The van der Waals surface area contributed by atoms with Gasteiger partial charge >= 0.3 is 5.97 Å².